The number of hydrogen-bond acceptors (Lipinski definition) is 5. The number of nitrogens with one attached hydrogen (secondary N) is 1. The molecule has 3 rings (SSSR count). The zero-order valence-corrected chi connectivity index (χ0v) is 15.7. The van der Waals surface area contributed by atoms with Crippen LogP contribution in [0.5, 0.6) is 11.5 Å². The number of ether oxygens (including phenoxy) is 2. The molecule has 7 heteroatoms. The summed E-state index contributed by atoms with van der Waals surface area (Å²) in [5.74, 6) is 1.48. The van der Waals surface area contributed by atoms with Crippen molar-refractivity contribution in [3.05, 3.63) is 18.2 Å². The molecule has 2 unspecified atom stereocenters. The number of carbonyl (C=O) groups excluding carboxylic acids is 2. The van der Waals surface area contributed by atoms with Gasteiger partial charge in [-0.1, -0.05) is 0 Å². The van der Waals surface area contributed by atoms with E-state index in [1.165, 1.54) is 0 Å². The van der Waals surface area contributed by atoms with Crippen LogP contribution in [0, 0.1) is 11.8 Å². The molecule has 1 N–H and O–H groups in total. The van der Waals surface area contributed by atoms with E-state index >= 15 is 0 Å². The van der Waals surface area contributed by atoms with E-state index in [-0.39, 0.29) is 24.2 Å². The summed E-state index contributed by atoms with van der Waals surface area (Å²) in [6.07, 6.45) is 1.28. The van der Waals surface area contributed by atoms with Gasteiger partial charge in [0.25, 0.3) is 0 Å². The van der Waals surface area contributed by atoms with Crippen molar-refractivity contribution < 1.29 is 19.1 Å². The smallest absolute Gasteiger partial charge is 0.228 e. The number of nitrogens with zero attached hydrogens (tertiary/aromatic N) is 2. The first-order chi connectivity index (χ1) is 12.6. The fourth-order valence-electron chi connectivity index (χ4n) is 3.86. The van der Waals surface area contributed by atoms with Gasteiger partial charge >= 0.3 is 0 Å². The van der Waals surface area contributed by atoms with E-state index in [2.05, 4.69) is 5.32 Å². The molecule has 2 aliphatic rings. The van der Waals surface area contributed by atoms with Gasteiger partial charge in [-0.3, -0.25) is 9.59 Å². The molecule has 0 aromatic heterocycles. The third-order valence-corrected chi connectivity index (χ3v) is 5.24. The summed E-state index contributed by atoms with van der Waals surface area (Å²) >= 11 is 0. The van der Waals surface area contributed by atoms with Gasteiger partial charge in [-0.05, 0) is 38.1 Å². The summed E-state index contributed by atoms with van der Waals surface area (Å²) in [6.45, 7) is 2.90. The molecule has 0 bridgehead atoms. The Bertz CT molecular complexity index is 679. The van der Waals surface area contributed by atoms with Crippen LogP contribution in [-0.2, 0) is 9.59 Å². The minimum atomic E-state index is -0.274. The molecular formula is C19H27N3O4. The van der Waals surface area contributed by atoms with Crippen LogP contribution in [0.4, 0.5) is 5.69 Å². The highest BCUT2D eigenvalue weighted by molar-refractivity contribution is 6.00. The summed E-state index contributed by atoms with van der Waals surface area (Å²) in [7, 11) is 5.07. The third-order valence-electron chi connectivity index (χ3n) is 5.24. The van der Waals surface area contributed by atoms with Crippen LogP contribution in [0.1, 0.15) is 12.8 Å². The van der Waals surface area contributed by atoms with E-state index in [1.54, 1.807) is 31.3 Å². The highest BCUT2D eigenvalue weighted by Gasteiger charge is 2.39. The summed E-state index contributed by atoms with van der Waals surface area (Å²) in [4.78, 5) is 28.9. The summed E-state index contributed by atoms with van der Waals surface area (Å²) in [5.41, 5.74) is 0.734. The van der Waals surface area contributed by atoms with Gasteiger partial charge in [0, 0.05) is 37.8 Å². The van der Waals surface area contributed by atoms with Crippen LogP contribution in [-0.4, -0.2) is 64.2 Å². The van der Waals surface area contributed by atoms with Gasteiger partial charge in [0.2, 0.25) is 11.8 Å². The van der Waals surface area contributed by atoms with E-state index in [1.807, 2.05) is 18.0 Å². The van der Waals surface area contributed by atoms with Crippen molar-refractivity contribution >= 4 is 17.5 Å². The van der Waals surface area contributed by atoms with Crippen molar-refractivity contribution in [1.29, 1.82) is 0 Å². The Balaban J connectivity index is 1.68. The van der Waals surface area contributed by atoms with Crippen molar-refractivity contribution in [3.8, 4) is 11.5 Å². The van der Waals surface area contributed by atoms with Gasteiger partial charge in [0.15, 0.2) is 11.5 Å². The third kappa shape index (κ3) is 3.62. The van der Waals surface area contributed by atoms with E-state index in [0.29, 0.717) is 24.0 Å². The number of methoxy groups -OCH3 is 2. The average molecular weight is 361 g/mol. The topological polar surface area (TPSA) is 71.1 Å². The van der Waals surface area contributed by atoms with E-state index in [4.69, 9.17) is 9.47 Å². The summed E-state index contributed by atoms with van der Waals surface area (Å²) < 4.78 is 10.6. The number of likely N-dealkylation sites (tertiary alicyclic amines) is 1. The van der Waals surface area contributed by atoms with Crippen LogP contribution >= 0.6 is 0 Å². The first-order valence-corrected chi connectivity index (χ1v) is 9.03. The molecule has 0 aliphatic carbocycles. The molecule has 2 atom stereocenters. The summed E-state index contributed by atoms with van der Waals surface area (Å²) in [6, 6.07) is 5.38. The van der Waals surface area contributed by atoms with Crippen molar-refractivity contribution in [1.82, 2.24) is 10.2 Å². The van der Waals surface area contributed by atoms with Gasteiger partial charge in [0.1, 0.15) is 0 Å². The minimum Gasteiger partial charge on any atom is -0.493 e. The molecule has 0 saturated carbocycles. The lowest BCUT2D eigenvalue weighted by Gasteiger charge is -2.21. The quantitative estimate of drug-likeness (QED) is 0.822. The molecule has 2 amide bonds. The van der Waals surface area contributed by atoms with Crippen molar-refractivity contribution in [2.24, 2.45) is 11.8 Å². The minimum absolute atomic E-state index is 0.0264. The SMILES string of the molecule is CNCC1CCN(C(=O)C2CC(=O)N(c3ccc(OC)c(OC)c3)C2)C1. The van der Waals surface area contributed by atoms with Gasteiger partial charge < -0.3 is 24.6 Å². The molecule has 2 heterocycles. The molecule has 26 heavy (non-hydrogen) atoms. The Morgan fingerprint density at radius 1 is 1.23 bits per heavy atom. The van der Waals surface area contributed by atoms with Crippen molar-refractivity contribution in [2.75, 3.05) is 52.3 Å². The number of rotatable bonds is 6. The second-order valence-corrected chi connectivity index (χ2v) is 6.94. The van der Waals surface area contributed by atoms with E-state index in [0.717, 1.165) is 31.7 Å². The molecule has 2 saturated heterocycles. The molecule has 1 aromatic carbocycles. The fraction of sp³-hybridized carbons (Fsp3) is 0.579. The Morgan fingerprint density at radius 3 is 2.69 bits per heavy atom. The van der Waals surface area contributed by atoms with Crippen LogP contribution in [0.25, 0.3) is 0 Å². The predicted molar refractivity (Wildman–Crippen MR) is 98.6 cm³/mol. The van der Waals surface area contributed by atoms with E-state index in [9.17, 15) is 9.59 Å². The normalized spacial score (nSPS) is 22.8. The zero-order chi connectivity index (χ0) is 18.7. The number of amides is 2. The van der Waals surface area contributed by atoms with Crippen LogP contribution in [0.15, 0.2) is 18.2 Å². The molecule has 0 spiro atoms. The molecule has 2 fully saturated rings. The molecule has 142 valence electrons. The Morgan fingerprint density at radius 2 is 2.00 bits per heavy atom. The molecule has 1 aromatic rings. The molecule has 7 nitrogen and oxygen atoms in total. The number of anilines is 1. The summed E-state index contributed by atoms with van der Waals surface area (Å²) in [5, 5.41) is 3.17. The molecule has 0 radical (unpaired) electrons. The lowest BCUT2D eigenvalue weighted by molar-refractivity contribution is -0.134. The Hall–Kier alpha value is -2.28. The number of carbonyl (C=O) groups is 2. The maximum absolute atomic E-state index is 12.8. The van der Waals surface area contributed by atoms with Gasteiger partial charge in [-0.2, -0.15) is 0 Å². The zero-order valence-electron chi connectivity index (χ0n) is 15.7. The standard InChI is InChI=1S/C19H27N3O4/c1-20-10-13-6-7-21(11-13)19(24)14-8-18(23)22(12-14)15-4-5-16(25-2)17(9-15)26-3/h4-5,9,13-14,20H,6-8,10-12H2,1-3H3. The lowest BCUT2D eigenvalue weighted by atomic mass is 10.1. The first-order valence-electron chi connectivity index (χ1n) is 9.03. The number of hydrogen-bond donors (Lipinski definition) is 1. The average Bonchev–Trinajstić information content (AvgIpc) is 3.27. The molecular weight excluding hydrogens is 334 g/mol. The Labute approximate surface area is 154 Å². The largest absolute Gasteiger partial charge is 0.493 e. The van der Waals surface area contributed by atoms with Crippen LogP contribution < -0.4 is 19.7 Å². The van der Waals surface area contributed by atoms with Gasteiger partial charge in [-0.15, -0.1) is 0 Å². The highest BCUT2D eigenvalue weighted by Crippen LogP contribution is 2.34. The van der Waals surface area contributed by atoms with Crippen LogP contribution in [0.3, 0.4) is 0 Å². The van der Waals surface area contributed by atoms with E-state index < -0.39 is 0 Å². The van der Waals surface area contributed by atoms with Gasteiger partial charge in [-0.25, -0.2) is 0 Å². The maximum Gasteiger partial charge on any atom is 0.228 e. The first kappa shape index (κ1) is 18.5. The Kier molecular flexibility index (Phi) is 5.66. The fourth-order valence-corrected chi connectivity index (χ4v) is 3.86. The van der Waals surface area contributed by atoms with Gasteiger partial charge in [0.05, 0.1) is 20.1 Å². The predicted octanol–water partition coefficient (Wildman–Crippen LogP) is 1.12. The monoisotopic (exact) mass is 361 g/mol. The highest BCUT2D eigenvalue weighted by atomic mass is 16.5. The lowest BCUT2D eigenvalue weighted by Crippen LogP contribution is -2.36. The molecule has 2 aliphatic heterocycles. The van der Waals surface area contributed by atoms with Crippen LogP contribution in [0.2, 0.25) is 0 Å². The second-order valence-electron chi connectivity index (χ2n) is 6.94. The number of benzene rings is 1. The maximum atomic E-state index is 12.8. The van der Waals surface area contributed by atoms with Crippen molar-refractivity contribution in [3.63, 3.8) is 0 Å². The second kappa shape index (κ2) is 7.95. The van der Waals surface area contributed by atoms with Crippen molar-refractivity contribution in [2.45, 2.75) is 12.8 Å².